The fourth-order valence-corrected chi connectivity index (χ4v) is 1.61. The number of nitro groups is 1. The quantitative estimate of drug-likeness (QED) is 0.484. The van der Waals surface area contributed by atoms with Gasteiger partial charge in [-0.05, 0) is 24.2 Å². The molecule has 2 rings (SSSR count). The predicted octanol–water partition coefficient (Wildman–Crippen LogP) is 2.47. The lowest BCUT2D eigenvalue weighted by Gasteiger charge is -1.98. The second-order valence-electron chi connectivity index (χ2n) is 3.56. The number of aromatic nitrogens is 2. The lowest BCUT2D eigenvalue weighted by atomic mass is 10.2. The molecule has 0 amide bonds. The molecule has 1 heterocycles. The highest BCUT2D eigenvalue weighted by molar-refractivity contribution is 6.30. The van der Waals surface area contributed by atoms with E-state index in [4.69, 9.17) is 20.9 Å². The zero-order chi connectivity index (χ0) is 14.7. The van der Waals surface area contributed by atoms with Crippen molar-refractivity contribution in [1.82, 2.24) is 10.1 Å². The van der Waals surface area contributed by atoms with Gasteiger partial charge in [-0.25, -0.2) is 4.79 Å². The van der Waals surface area contributed by atoms with Gasteiger partial charge >= 0.3 is 5.97 Å². The van der Waals surface area contributed by atoms with Crippen molar-refractivity contribution in [3.05, 3.63) is 39.2 Å². The highest BCUT2D eigenvalue weighted by Crippen LogP contribution is 2.31. The Morgan fingerprint density at radius 2 is 2.30 bits per heavy atom. The number of nitrogens with zero attached hydrogens (tertiary/aromatic N) is 3. The summed E-state index contributed by atoms with van der Waals surface area (Å²) < 4.78 is 9.53. The summed E-state index contributed by atoms with van der Waals surface area (Å²) in [6.07, 6.45) is 0. The molecule has 0 aliphatic carbocycles. The first-order valence-corrected chi connectivity index (χ1v) is 5.86. The van der Waals surface area contributed by atoms with Crippen LogP contribution in [0.5, 0.6) is 0 Å². The standard InChI is InChI=1S/C11H8ClN3O5/c1-2-19-11(16)9-13-10(20-14-9)7-4-3-6(12)5-8(7)15(17)18/h3-5H,2H2,1H3. The number of hydrogen-bond acceptors (Lipinski definition) is 7. The van der Waals surface area contributed by atoms with E-state index in [1.807, 2.05) is 0 Å². The number of benzene rings is 1. The molecule has 0 fully saturated rings. The first-order chi connectivity index (χ1) is 9.52. The number of ether oxygens (including phenoxy) is 1. The van der Waals surface area contributed by atoms with E-state index < -0.39 is 10.9 Å². The van der Waals surface area contributed by atoms with Gasteiger partial charge in [0.15, 0.2) is 0 Å². The van der Waals surface area contributed by atoms with Crippen LogP contribution in [0.3, 0.4) is 0 Å². The van der Waals surface area contributed by atoms with E-state index >= 15 is 0 Å². The number of halogens is 1. The van der Waals surface area contributed by atoms with Gasteiger partial charge in [-0.2, -0.15) is 4.98 Å². The Balaban J connectivity index is 2.42. The van der Waals surface area contributed by atoms with Crippen LogP contribution in [0.15, 0.2) is 22.7 Å². The molecule has 8 nitrogen and oxygen atoms in total. The van der Waals surface area contributed by atoms with Crippen molar-refractivity contribution in [2.75, 3.05) is 6.61 Å². The SMILES string of the molecule is CCOC(=O)c1noc(-c2ccc(Cl)cc2[N+](=O)[O-])n1. The Morgan fingerprint density at radius 1 is 1.55 bits per heavy atom. The van der Waals surface area contributed by atoms with E-state index in [1.54, 1.807) is 6.92 Å². The van der Waals surface area contributed by atoms with Crippen LogP contribution in [0.2, 0.25) is 5.02 Å². The van der Waals surface area contributed by atoms with Crippen molar-refractivity contribution in [3.8, 4) is 11.5 Å². The maximum atomic E-state index is 11.4. The van der Waals surface area contributed by atoms with E-state index in [9.17, 15) is 14.9 Å². The molecule has 0 bridgehead atoms. The molecule has 0 aliphatic rings. The first kappa shape index (κ1) is 13.9. The lowest BCUT2D eigenvalue weighted by molar-refractivity contribution is -0.384. The maximum absolute atomic E-state index is 11.4. The number of carbonyl (C=O) groups excluding carboxylic acids is 1. The minimum atomic E-state index is -0.765. The molecule has 104 valence electrons. The molecule has 0 aliphatic heterocycles. The monoisotopic (exact) mass is 297 g/mol. The molecule has 2 aromatic rings. The third-order valence-corrected chi connectivity index (χ3v) is 2.51. The highest BCUT2D eigenvalue weighted by Gasteiger charge is 2.23. The zero-order valence-electron chi connectivity index (χ0n) is 10.2. The molecule has 0 N–H and O–H groups in total. The van der Waals surface area contributed by atoms with E-state index in [2.05, 4.69) is 10.1 Å². The Bertz CT molecular complexity index is 670. The van der Waals surface area contributed by atoms with Crippen molar-refractivity contribution in [1.29, 1.82) is 0 Å². The van der Waals surface area contributed by atoms with Crippen molar-refractivity contribution >= 4 is 23.3 Å². The average molecular weight is 298 g/mol. The minimum Gasteiger partial charge on any atom is -0.460 e. The summed E-state index contributed by atoms with van der Waals surface area (Å²) in [6, 6.07) is 3.96. The summed E-state index contributed by atoms with van der Waals surface area (Å²) in [5.41, 5.74) is -0.223. The van der Waals surface area contributed by atoms with E-state index in [1.165, 1.54) is 12.1 Å². The van der Waals surface area contributed by atoms with Gasteiger partial charge in [-0.15, -0.1) is 0 Å². The molecule has 0 atom stereocenters. The summed E-state index contributed by atoms with van der Waals surface area (Å²) >= 11 is 5.70. The van der Waals surface area contributed by atoms with Crippen LogP contribution in [-0.2, 0) is 4.74 Å². The molecule has 0 spiro atoms. The summed E-state index contributed by atoms with van der Waals surface area (Å²) in [5, 5.41) is 14.6. The van der Waals surface area contributed by atoms with Crippen LogP contribution in [0.4, 0.5) is 5.69 Å². The highest BCUT2D eigenvalue weighted by atomic mass is 35.5. The molecule has 0 saturated heterocycles. The van der Waals surface area contributed by atoms with Gasteiger partial charge in [-0.1, -0.05) is 11.6 Å². The first-order valence-electron chi connectivity index (χ1n) is 5.48. The second-order valence-corrected chi connectivity index (χ2v) is 4.00. The smallest absolute Gasteiger partial charge is 0.379 e. The molecule has 9 heteroatoms. The maximum Gasteiger partial charge on any atom is 0.379 e. The van der Waals surface area contributed by atoms with Crippen molar-refractivity contribution in [3.63, 3.8) is 0 Å². The summed E-state index contributed by atoms with van der Waals surface area (Å²) in [7, 11) is 0. The van der Waals surface area contributed by atoms with Gasteiger partial charge in [-0.3, -0.25) is 10.1 Å². The normalized spacial score (nSPS) is 10.3. The third kappa shape index (κ3) is 2.75. The van der Waals surface area contributed by atoms with Crippen LogP contribution in [0, 0.1) is 10.1 Å². The molecule has 20 heavy (non-hydrogen) atoms. The Labute approximate surface area is 117 Å². The number of rotatable bonds is 4. The molecular formula is C11H8ClN3O5. The van der Waals surface area contributed by atoms with Gasteiger partial charge in [0.25, 0.3) is 17.4 Å². The van der Waals surface area contributed by atoms with Crippen LogP contribution < -0.4 is 0 Å². The van der Waals surface area contributed by atoms with Crippen molar-refractivity contribution < 1.29 is 19.0 Å². The molecule has 0 saturated carbocycles. The van der Waals surface area contributed by atoms with Gasteiger partial charge in [0.05, 0.1) is 11.5 Å². The largest absolute Gasteiger partial charge is 0.460 e. The molecule has 0 radical (unpaired) electrons. The van der Waals surface area contributed by atoms with Crippen LogP contribution in [-0.4, -0.2) is 27.6 Å². The van der Waals surface area contributed by atoms with Crippen LogP contribution >= 0.6 is 11.6 Å². The van der Waals surface area contributed by atoms with E-state index in [0.29, 0.717) is 0 Å². The summed E-state index contributed by atoms with van der Waals surface area (Å²) in [5.74, 6) is -1.22. The zero-order valence-corrected chi connectivity index (χ0v) is 11.0. The fourth-order valence-electron chi connectivity index (χ4n) is 1.45. The second kappa shape index (κ2) is 5.66. The Kier molecular flexibility index (Phi) is 3.94. The van der Waals surface area contributed by atoms with Gasteiger partial charge < -0.3 is 9.26 Å². The summed E-state index contributed by atoms with van der Waals surface area (Å²) in [4.78, 5) is 25.5. The van der Waals surface area contributed by atoms with Crippen LogP contribution in [0.1, 0.15) is 17.5 Å². The van der Waals surface area contributed by atoms with Crippen molar-refractivity contribution in [2.24, 2.45) is 0 Å². The summed E-state index contributed by atoms with van der Waals surface area (Å²) in [6.45, 7) is 1.78. The number of hydrogen-bond donors (Lipinski definition) is 0. The third-order valence-electron chi connectivity index (χ3n) is 2.27. The Morgan fingerprint density at radius 3 is 2.95 bits per heavy atom. The van der Waals surface area contributed by atoms with Gasteiger partial charge in [0, 0.05) is 11.1 Å². The number of esters is 1. The number of nitro benzene ring substituents is 1. The van der Waals surface area contributed by atoms with Gasteiger partial charge in [0.2, 0.25) is 0 Å². The molecular weight excluding hydrogens is 290 g/mol. The molecule has 0 unspecified atom stereocenters. The van der Waals surface area contributed by atoms with Gasteiger partial charge in [0.1, 0.15) is 5.56 Å². The number of carbonyl (C=O) groups is 1. The minimum absolute atomic E-state index is 0.0717. The predicted molar refractivity (Wildman–Crippen MR) is 67.4 cm³/mol. The fraction of sp³-hybridized carbons (Fsp3) is 0.182. The average Bonchev–Trinajstić information content (AvgIpc) is 2.88. The van der Waals surface area contributed by atoms with Crippen LogP contribution in [0.25, 0.3) is 11.5 Å². The molecule has 1 aromatic heterocycles. The lowest BCUT2D eigenvalue weighted by Crippen LogP contribution is -2.06. The van der Waals surface area contributed by atoms with E-state index in [0.717, 1.165) is 6.07 Å². The molecule has 1 aromatic carbocycles. The van der Waals surface area contributed by atoms with E-state index in [-0.39, 0.29) is 34.6 Å². The van der Waals surface area contributed by atoms with Crippen molar-refractivity contribution in [2.45, 2.75) is 6.92 Å². The topological polar surface area (TPSA) is 108 Å². The Hall–Kier alpha value is -2.48.